The second-order valence-corrected chi connectivity index (χ2v) is 10.9. The molecule has 0 radical (unpaired) electrons. The van der Waals surface area contributed by atoms with Crippen LogP contribution in [0.15, 0.2) is 0 Å². The second kappa shape index (κ2) is 5.85. The van der Waals surface area contributed by atoms with E-state index < -0.39 is 0 Å². The van der Waals surface area contributed by atoms with Gasteiger partial charge in [-0.15, -0.1) is 0 Å². The predicted molar refractivity (Wildman–Crippen MR) is 96.7 cm³/mol. The van der Waals surface area contributed by atoms with Crippen molar-refractivity contribution in [3.8, 4) is 0 Å². The van der Waals surface area contributed by atoms with E-state index in [1.807, 2.05) is 0 Å². The van der Waals surface area contributed by atoms with Crippen molar-refractivity contribution >= 4 is 0 Å². The van der Waals surface area contributed by atoms with Gasteiger partial charge in [-0.1, -0.05) is 20.8 Å². The number of rotatable bonds is 6. The van der Waals surface area contributed by atoms with Crippen molar-refractivity contribution in [1.29, 1.82) is 0 Å². The molecule has 128 valence electrons. The molecule has 0 heterocycles. The van der Waals surface area contributed by atoms with Gasteiger partial charge in [-0.2, -0.15) is 0 Å². The van der Waals surface area contributed by atoms with Crippen molar-refractivity contribution in [1.82, 2.24) is 4.90 Å². The Morgan fingerprint density at radius 2 is 1.00 bits per heavy atom. The minimum atomic E-state index is 0.170. The number of quaternary nitrogens is 1. The van der Waals surface area contributed by atoms with Gasteiger partial charge in [0.1, 0.15) is 0 Å². The molecule has 0 saturated heterocycles. The molecule has 0 spiro atoms. The van der Waals surface area contributed by atoms with Gasteiger partial charge in [0.15, 0.2) is 0 Å². The summed E-state index contributed by atoms with van der Waals surface area (Å²) in [6.07, 6.45) is 2.37. The summed E-state index contributed by atoms with van der Waals surface area (Å²) in [5, 5.41) is 0. The molecular formula is C19H43N2+. The molecule has 21 heavy (non-hydrogen) atoms. The summed E-state index contributed by atoms with van der Waals surface area (Å²) in [5.41, 5.74) is 0.964. The molecule has 0 aliphatic carbocycles. The summed E-state index contributed by atoms with van der Waals surface area (Å²) in [6, 6.07) is 0. The lowest BCUT2D eigenvalue weighted by Crippen LogP contribution is -2.61. The number of hydrogen-bond acceptors (Lipinski definition) is 1. The number of hydrogen-bond donors (Lipinski definition) is 0. The molecular weight excluding hydrogens is 256 g/mol. The van der Waals surface area contributed by atoms with Crippen LogP contribution in [0.1, 0.15) is 75.2 Å². The van der Waals surface area contributed by atoms with Crippen LogP contribution in [0.5, 0.6) is 0 Å². The Labute approximate surface area is 135 Å². The van der Waals surface area contributed by atoms with Crippen molar-refractivity contribution in [2.75, 3.05) is 28.2 Å². The highest BCUT2D eigenvalue weighted by Gasteiger charge is 2.44. The molecule has 0 unspecified atom stereocenters. The first-order valence-electron chi connectivity index (χ1n) is 8.37. The lowest BCUT2D eigenvalue weighted by atomic mass is 9.76. The van der Waals surface area contributed by atoms with Crippen LogP contribution in [-0.4, -0.2) is 54.2 Å². The molecule has 0 saturated carbocycles. The van der Waals surface area contributed by atoms with Crippen molar-refractivity contribution in [3.63, 3.8) is 0 Å². The third-order valence-corrected chi connectivity index (χ3v) is 5.46. The van der Waals surface area contributed by atoms with E-state index in [1.54, 1.807) is 0 Å². The average Bonchev–Trinajstić information content (AvgIpc) is 2.08. The van der Waals surface area contributed by atoms with E-state index in [0.29, 0.717) is 5.41 Å². The first kappa shape index (κ1) is 20.9. The standard InChI is InChI=1S/C19H43N2/c1-16(2,3)14-17(4,5)20(10)18(6,7)15-19(8,9)21(11,12)13/h14-15H2,1-13H3/q+1. The van der Waals surface area contributed by atoms with Crippen LogP contribution in [0.4, 0.5) is 0 Å². The fraction of sp³-hybridized carbons (Fsp3) is 1.00. The van der Waals surface area contributed by atoms with Crippen molar-refractivity contribution < 1.29 is 4.48 Å². The van der Waals surface area contributed by atoms with Gasteiger partial charge in [-0.05, 0) is 60.4 Å². The van der Waals surface area contributed by atoms with Crippen LogP contribution < -0.4 is 0 Å². The highest BCUT2D eigenvalue weighted by atomic mass is 15.3. The molecule has 0 amide bonds. The molecule has 0 aromatic rings. The first-order valence-corrected chi connectivity index (χ1v) is 8.37. The smallest absolute Gasteiger partial charge is 0.0947 e. The van der Waals surface area contributed by atoms with Crippen molar-refractivity contribution in [2.24, 2.45) is 5.41 Å². The highest BCUT2D eigenvalue weighted by molar-refractivity contribution is 4.95. The minimum Gasteiger partial charge on any atom is -0.326 e. The summed E-state index contributed by atoms with van der Waals surface area (Å²) >= 11 is 0. The predicted octanol–water partition coefficient (Wildman–Crippen LogP) is 4.79. The summed E-state index contributed by atoms with van der Waals surface area (Å²) < 4.78 is 0.990. The maximum absolute atomic E-state index is 2.60. The van der Waals surface area contributed by atoms with E-state index in [2.05, 4.69) is 95.4 Å². The Hall–Kier alpha value is -0.0800. The van der Waals surface area contributed by atoms with E-state index in [9.17, 15) is 0 Å². The third kappa shape index (κ3) is 5.90. The molecule has 0 aromatic carbocycles. The van der Waals surface area contributed by atoms with Crippen molar-refractivity contribution in [3.05, 3.63) is 0 Å². The molecule has 2 heteroatoms. The largest absolute Gasteiger partial charge is 0.326 e. The maximum Gasteiger partial charge on any atom is 0.0947 e. The first-order chi connectivity index (χ1) is 8.82. The van der Waals surface area contributed by atoms with Crippen molar-refractivity contribution in [2.45, 2.75) is 91.8 Å². The topological polar surface area (TPSA) is 3.24 Å². The normalized spacial score (nSPS) is 15.7. The lowest BCUT2D eigenvalue weighted by molar-refractivity contribution is -0.920. The Kier molecular flexibility index (Phi) is 5.83. The van der Waals surface area contributed by atoms with Gasteiger partial charge in [-0.3, -0.25) is 4.90 Å². The lowest BCUT2D eigenvalue weighted by Gasteiger charge is -2.53. The average molecular weight is 300 g/mol. The Balaban J connectivity index is 5.24. The molecule has 2 nitrogen and oxygen atoms in total. The fourth-order valence-electron chi connectivity index (χ4n) is 3.65. The third-order valence-electron chi connectivity index (χ3n) is 5.46. The maximum atomic E-state index is 2.60. The zero-order chi connectivity index (χ0) is 17.5. The summed E-state index contributed by atoms with van der Waals surface area (Å²) in [7, 11) is 9.21. The monoisotopic (exact) mass is 299 g/mol. The molecule has 0 atom stereocenters. The summed E-state index contributed by atoms with van der Waals surface area (Å²) in [4.78, 5) is 2.60. The molecule has 0 rings (SSSR count). The SMILES string of the molecule is CN(C(C)(C)CC(C)(C)C)C(C)(C)CC(C)(C)[N+](C)(C)C. The second-order valence-electron chi connectivity index (χ2n) is 10.9. The Morgan fingerprint density at radius 3 is 1.29 bits per heavy atom. The summed E-state index contributed by atoms with van der Waals surface area (Å²) in [5.74, 6) is 0. The van der Waals surface area contributed by atoms with Gasteiger partial charge in [0.05, 0.1) is 26.7 Å². The van der Waals surface area contributed by atoms with Crippen LogP contribution in [0.25, 0.3) is 0 Å². The number of nitrogens with zero attached hydrogens (tertiary/aromatic N) is 2. The van der Waals surface area contributed by atoms with E-state index in [-0.39, 0.29) is 16.6 Å². The Morgan fingerprint density at radius 1 is 0.667 bits per heavy atom. The van der Waals surface area contributed by atoms with Gasteiger partial charge in [0.25, 0.3) is 0 Å². The van der Waals surface area contributed by atoms with Crippen LogP contribution in [0, 0.1) is 5.41 Å². The van der Waals surface area contributed by atoms with Crippen LogP contribution >= 0.6 is 0 Å². The molecule has 0 aromatic heterocycles. The van der Waals surface area contributed by atoms with E-state index in [1.165, 1.54) is 12.8 Å². The van der Waals surface area contributed by atoms with Crippen LogP contribution in [0.2, 0.25) is 0 Å². The van der Waals surface area contributed by atoms with Gasteiger partial charge < -0.3 is 4.48 Å². The molecule has 0 N–H and O–H groups in total. The Bertz CT molecular complexity index is 338. The zero-order valence-electron chi connectivity index (χ0n) is 17.3. The van der Waals surface area contributed by atoms with E-state index >= 15 is 0 Å². The highest BCUT2D eigenvalue weighted by Crippen LogP contribution is 2.38. The van der Waals surface area contributed by atoms with Gasteiger partial charge in [0, 0.05) is 17.5 Å². The van der Waals surface area contributed by atoms with E-state index in [4.69, 9.17) is 0 Å². The van der Waals surface area contributed by atoms with Gasteiger partial charge in [-0.25, -0.2) is 0 Å². The van der Waals surface area contributed by atoms with E-state index in [0.717, 1.165) is 4.48 Å². The fourth-order valence-corrected chi connectivity index (χ4v) is 3.65. The molecule has 0 bridgehead atoms. The van der Waals surface area contributed by atoms with Crippen LogP contribution in [0.3, 0.4) is 0 Å². The van der Waals surface area contributed by atoms with Crippen LogP contribution in [-0.2, 0) is 0 Å². The van der Waals surface area contributed by atoms with Gasteiger partial charge in [0.2, 0.25) is 0 Å². The van der Waals surface area contributed by atoms with Gasteiger partial charge >= 0.3 is 0 Å². The quantitative estimate of drug-likeness (QED) is 0.638. The zero-order valence-corrected chi connectivity index (χ0v) is 17.3. The molecule has 0 aliphatic heterocycles. The molecule has 0 aliphatic rings. The summed E-state index contributed by atoms with van der Waals surface area (Å²) in [6.45, 7) is 21.4. The minimum absolute atomic E-state index is 0.170. The molecule has 0 fully saturated rings.